The third kappa shape index (κ3) is 2.62. The van der Waals surface area contributed by atoms with Gasteiger partial charge in [0.1, 0.15) is 5.15 Å². The van der Waals surface area contributed by atoms with Gasteiger partial charge in [0.05, 0.1) is 0 Å². The van der Waals surface area contributed by atoms with Gasteiger partial charge >= 0.3 is 0 Å². The Kier molecular flexibility index (Phi) is 3.26. The van der Waals surface area contributed by atoms with Gasteiger partial charge in [-0.3, -0.25) is 4.79 Å². The van der Waals surface area contributed by atoms with E-state index in [4.69, 9.17) is 16.0 Å². The predicted molar refractivity (Wildman–Crippen MR) is 63.6 cm³/mol. The first kappa shape index (κ1) is 11.2. The van der Waals surface area contributed by atoms with Gasteiger partial charge in [-0.15, -0.1) is 0 Å². The van der Waals surface area contributed by atoms with E-state index in [0.29, 0.717) is 15.5 Å². The third-order valence-electron chi connectivity index (χ3n) is 1.78. The van der Waals surface area contributed by atoms with Gasteiger partial charge in [0.25, 0.3) is 5.91 Å². The van der Waals surface area contributed by atoms with Crippen LogP contribution in [0.3, 0.4) is 0 Å². The molecule has 2 rings (SSSR count). The quantitative estimate of drug-likeness (QED) is 0.866. The molecule has 1 amide bonds. The number of carbonyl (C=O) groups excluding carboxylic acids is 1. The zero-order valence-electron chi connectivity index (χ0n) is 7.91. The van der Waals surface area contributed by atoms with E-state index >= 15 is 0 Å². The van der Waals surface area contributed by atoms with Crippen LogP contribution in [0.5, 0.6) is 0 Å². The fourth-order valence-electron chi connectivity index (χ4n) is 1.11. The molecule has 0 unspecified atom stereocenters. The smallest absolute Gasteiger partial charge is 0.291 e. The molecule has 0 fully saturated rings. The molecule has 0 aromatic carbocycles. The molecule has 0 saturated carbocycles. The molecule has 0 saturated heterocycles. The molecule has 0 aliphatic rings. The minimum absolute atomic E-state index is 0.222. The summed E-state index contributed by atoms with van der Waals surface area (Å²) in [7, 11) is 0. The second-order valence-electron chi connectivity index (χ2n) is 2.93. The van der Waals surface area contributed by atoms with Crippen molar-refractivity contribution in [2.24, 2.45) is 0 Å². The summed E-state index contributed by atoms with van der Waals surface area (Å²) in [6.07, 6.45) is 1.51. The molecule has 82 valence electrons. The molecular formula is C10H6BrClN2O2. The number of pyridine rings is 1. The summed E-state index contributed by atoms with van der Waals surface area (Å²) in [6.45, 7) is 0. The zero-order valence-corrected chi connectivity index (χ0v) is 10.2. The first-order valence-electron chi connectivity index (χ1n) is 4.33. The van der Waals surface area contributed by atoms with E-state index in [9.17, 15) is 4.79 Å². The van der Waals surface area contributed by atoms with Crippen LogP contribution in [0, 0.1) is 0 Å². The SMILES string of the molecule is O=C(Nc1ccnc(Cl)c1)c1ccc(Br)o1. The number of amides is 1. The van der Waals surface area contributed by atoms with Crippen molar-refractivity contribution < 1.29 is 9.21 Å². The van der Waals surface area contributed by atoms with Crippen molar-refractivity contribution in [3.8, 4) is 0 Å². The van der Waals surface area contributed by atoms with Crippen LogP contribution in [-0.4, -0.2) is 10.9 Å². The second-order valence-corrected chi connectivity index (χ2v) is 4.09. The molecule has 2 aromatic heterocycles. The maximum Gasteiger partial charge on any atom is 0.291 e. The predicted octanol–water partition coefficient (Wildman–Crippen LogP) is 3.34. The summed E-state index contributed by atoms with van der Waals surface area (Å²) in [5, 5.41) is 2.95. The van der Waals surface area contributed by atoms with Crippen molar-refractivity contribution in [3.05, 3.63) is 46.0 Å². The van der Waals surface area contributed by atoms with Gasteiger partial charge in [0.2, 0.25) is 0 Å². The first-order valence-corrected chi connectivity index (χ1v) is 5.50. The summed E-state index contributed by atoms with van der Waals surface area (Å²) in [6, 6.07) is 6.41. The van der Waals surface area contributed by atoms with E-state index in [1.54, 1.807) is 24.3 Å². The lowest BCUT2D eigenvalue weighted by Gasteiger charge is -2.02. The second kappa shape index (κ2) is 4.67. The highest BCUT2D eigenvalue weighted by molar-refractivity contribution is 9.10. The molecule has 0 bridgehead atoms. The summed E-state index contributed by atoms with van der Waals surface area (Å²) >= 11 is 8.80. The standard InChI is InChI=1S/C10H6BrClN2O2/c11-8-2-1-7(16-8)10(15)14-6-3-4-13-9(12)5-6/h1-5H,(H,13,14,15). The molecule has 2 aromatic rings. The highest BCUT2D eigenvalue weighted by Crippen LogP contribution is 2.17. The Hall–Kier alpha value is -1.33. The van der Waals surface area contributed by atoms with Crippen LogP contribution in [0.25, 0.3) is 0 Å². The molecule has 0 aliphatic carbocycles. The van der Waals surface area contributed by atoms with Gasteiger partial charge in [-0.2, -0.15) is 0 Å². The summed E-state index contributed by atoms with van der Waals surface area (Å²) in [5.74, 6) is -0.118. The fraction of sp³-hybridized carbons (Fsp3) is 0. The topological polar surface area (TPSA) is 55.1 Å². The van der Waals surface area contributed by atoms with Crippen molar-refractivity contribution in [3.63, 3.8) is 0 Å². The summed E-state index contributed by atoms with van der Waals surface area (Å²) in [5.41, 5.74) is 0.567. The van der Waals surface area contributed by atoms with Gasteiger partial charge in [-0.25, -0.2) is 4.98 Å². The highest BCUT2D eigenvalue weighted by atomic mass is 79.9. The average Bonchev–Trinajstić information content (AvgIpc) is 2.65. The Morgan fingerprint density at radius 3 is 2.88 bits per heavy atom. The molecule has 0 radical (unpaired) electrons. The van der Waals surface area contributed by atoms with Crippen LogP contribution in [0.1, 0.15) is 10.6 Å². The zero-order chi connectivity index (χ0) is 11.5. The maximum atomic E-state index is 11.6. The molecule has 4 nitrogen and oxygen atoms in total. The molecule has 0 aliphatic heterocycles. The number of hydrogen-bond donors (Lipinski definition) is 1. The van der Waals surface area contributed by atoms with Crippen molar-refractivity contribution >= 4 is 39.1 Å². The molecule has 6 heteroatoms. The van der Waals surface area contributed by atoms with Crippen LogP contribution in [-0.2, 0) is 0 Å². The van der Waals surface area contributed by atoms with E-state index in [-0.39, 0.29) is 11.7 Å². The lowest BCUT2D eigenvalue weighted by molar-refractivity contribution is 0.0995. The van der Waals surface area contributed by atoms with E-state index in [2.05, 4.69) is 26.2 Å². The van der Waals surface area contributed by atoms with Crippen LogP contribution in [0.15, 0.2) is 39.5 Å². The third-order valence-corrected chi connectivity index (χ3v) is 2.41. The Morgan fingerprint density at radius 2 is 2.25 bits per heavy atom. The van der Waals surface area contributed by atoms with Crippen molar-refractivity contribution in [1.82, 2.24) is 4.98 Å². The molecule has 2 heterocycles. The number of nitrogens with one attached hydrogen (secondary N) is 1. The van der Waals surface area contributed by atoms with E-state index in [0.717, 1.165) is 0 Å². The number of carbonyl (C=O) groups is 1. The van der Waals surface area contributed by atoms with Gasteiger partial charge < -0.3 is 9.73 Å². The van der Waals surface area contributed by atoms with Gasteiger partial charge in [-0.1, -0.05) is 11.6 Å². The number of hydrogen-bond acceptors (Lipinski definition) is 3. The van der Waals surface area contributed by atoms with Crippen molar-refractivity contribution in [2.45, 2.75) is 0 Å². The number of rotatable bonds is 2. The lowest BCUT2D eigenvalue weighted by Crippen LogP contribution is -2.10. The highest BCUT2D eigenvalue weighted by Gasteiger charge is 2.10. The Labute approximate surface area is 105 Å². The fourth-order valence-corrected chi connectivity index (χ4v) is 1.59. The average molecular weight is 302 g/mol. The van der Waals surface area contributed by atoms with E-state index in [1.807, 2.05) is 0 Å². The van der Waals surface area contributed by atoms with Crippen molar-refractivity contribution in [1.29, 1.82) is 0 Å². The number of nitrogens with zero attached hydrogens (tertiary/aromatic N) is 1. The summed E-state index contributed by atoms with van der Waals surface area (Å²) < 4.78 is 5.61. The minimum atomic E-state index is -0.340. The van der Waals surface area contributed by atoms with Crippen LogP contribution < -0.4 is 5.32 Å². The number of aromatic nitrogens is 1. The number of halogens is 2. The Balaban J connectivity index is 2.13. The Bertz CT molecular complexity index is 527. The van der Waals surface area contributed by atoms with Crippen LogP contribution >= 0.6 is 27.5 Å². The monoisotopic (exact) mass is 300 g/mol. The molecule has 1 N–H and O–H groups in total. The van der Waals surface area contributed by atoms with Crippen LogP contribution in [0.2, 0.25) is 5.15 Å². The largest absolute Gasteiger partial charge is 0.444 e. The maximum absolute atomic E-state index is 11.6. The molecular weight excluding hydrogens is 295 g/mol. The van der Waals surface area contributed by atoms with Crippen molar-refractivity contribution in [2.75, 3.05) is 5.32 Å². The first-order chi connectivity index (χ1) is 7.65. The minimum Gasteiger partial charge on any atom is -0.444 e. The summed E-state index contributed by atoms with van der Waals surface area (Å²) in [4.78, 5) is 15.5. The number of furan rings is 1. The molecule has 16 heavy (non-hydrogen) atoms. The van der Waals surface area contributed by atoms with Gasteiger partial charge in [0, 0.05) is 11.9 Å². The Morgan fingerprint density at radius 1 is 1.44 bits per heavy atom. The van der Waals surface area contributed by atoms with Crippen LogP contribution in [0.4, 0.5) is 5.69 Å². The van der Waals surface area contributed by atoms with E-state index < -0.39 is 0 Å². The molecule has 0 atom stereocenters. The molecule has 0 spiro atoms. The van der Waals surface area contributed by atoms with E-state index in [1.165, 1.54) is 6.20 Å². The van der Waals surface area contributed by atoms with Gasteiger partial charge in [0.15, 0.2) is 10.4 Å². The lowest BCUT2D eigenvalue weighted by atomic mass is 10.3. The van der Waals surface area contributed by atoms with Gasteiger partial charge in [-0.05, 0) is 40.2 Å². The number of anilines is 1. The normalized spacial score (nSPS) is 10.1.